The molecule has 0 bridgehead atoms. The van der Waals surface area contributed by atoms with Crippen molar-refractivity contribution in [2.45, 2.75) is 52.1 Å². The lowest BCUT2D eigenvalue weighted by molar-refractivity contribution is -0.127. The highest BCUT2D eigenvalue weighted by atomic mass is 16.3. The molecule has 0 spiro atoms. The first-order valence-corrected chi connectivity index (χ1v) is 6.09. The summed E-state index contributed by atoms with van der Waals surface area (Å²) in [5, 5.41) is 9.10. The lowest BCUT2D eigenvalue weighted by atomic mass is 10.1. The number of aliphatic hydroxyl groups is 1. The van der Waals surface area contributed by atoms with Crippen LogP contribution in [0.2, 0.25) is 0 Å². The predicted octanol–water partition coefficient (Wildman–Crippen LogP) is 1.80. The van der Waals surface area contributed by atoms with Crippen LogP contribution in [-0.2, 0) is 4.79 Å². The zero-order valence-electron chi connectivity index (χ0n) is 9.91. The molecule has 15 heavy (non-hydrogen) atoms. The van der Waals surface area contributed by atoms with Gasteiger partial charge in [0.1, 0.15) is 0 Å². The van der Waals surface area contributed by atoms with Gasteiger partial charge in [0.05, 0.1) is 6.10 Å². The fourth-order valence-electron chi connectivity index (χ4n) is 2.09. The molecule has 88 valence electrons. The first kappa shape index (κ1) is 12.5. The molecule has 1 aliphatic rings. The van der Waals surface area contributed by atoms with E-state index in [9.17, 15) is 4.79 Å². The summed E-state index contributed by atoms with van der Waals surface area (Å²) >= 11 is 0. The van der Waals surface area contributed by atoms with E-state index in [1.54, 1.807) is 0 Å². The third-order valence-electron chi connectivity index (χ3n) is 3.17. The SMILES string of the molecule is CCC1CC(=O)N(CCCCC(C)O)C1. The number of unbranched alkanes of at least 4 members (excludes halogenated alkanes) is 1. The van der Waals surface area contributed by atoms with Gasteiger partial charge in [-0.3, -0.25) is 4.79 Å². The topological polar surface area (TPSA) is 40.5 Å². The third-order valence-corrected chi connectivity index (χ3v) is 3.17. The van der Waals surface area contributed by atoms with Crippen molar-refractivity contribution >= 4 is 5.91 Å². The smallest absolute Gasteiger partial charge is 0.222 e. The van der Waals surface area contributed by atoms with Gasteiger partial charge in [0.2, 0.25) is 5.91 Å². The molecule has 2 atom stereocenters. The highest BCUT2D eigenvalue weighted by Gasteiger charge is 2.27. The number of carbonyl (C=O) groups excluding carboxylic acids is 1. The van der Waals surface area contributed by atoms with Crippen LogP contribution < -0.4 is 0 Å². The molecule has 1 rings (SSSR count). The van der Waals surface area contributed by atoms with Crippen LogP contribution in [0.25, 0.3) is 0 Å². The number of hydrogen-bond donors (Lipinski definition) is 1. The van der Waals surface area contributed by atoms with Gasteiger partial charge in [-0.1, -0.05) is 13.3 Å². The second-order valence-corrected chi connectivity index (χ2v) is 4.66. The molecule has 3 nitrogen and oxygen atoms in total. The molecule has 0 aliphatic carbocycles. The summed E-state index contributed by atoms with van der Waals surface area (Å²) in [6.45, 7) is 5.79. The van der Waals surface area contributed by atoms with Crippen LogP contribution in [-0.4, -0.2) is 35.1 Å². The van der Waals surface area contributed by atoms with Crippen LogP contribution in [0.15, 0.2) is 0 Å². The monoisotopic (exact) mass is 213 g/mol. The van der Waals surface area contributed by atoms with Gasteiger partial charge in [0.25, 0.3) is 0 Å². The van der Waals surface area contributed by atoms with Gasteiger partial charge < -0.3 is 10.0 Å². The average Bonchev–Trinajstić information content (AvgIpc) is 2.54. The van der Waals surface area contributed by atoms with Crippen molar-refractivity contribution < 1.29 is 9.90 Å². The molecule has 0 aromatic heterocycles. The van der Waals surface area contributed by atoms with E-state index >= 15 is 0 Å². The Morgan fingerprint density at radius 3 is 2.80 bits per heavy atom. The Labute approximate surface area is 92.5 Å². The zero-order valence-corrected chi connectivity index (χ0v) is 9.91. The minimum atomic E-state index is -0.206. The van der Waals surface area contributed by atoms with Crippen molar-refractivity contribution in [3.63, 3.8) is 0 Å². The molecular weight excluding hydrogens is 190 g/mol. The van der Waals surface area contributed by atoms with Crippen LogP contribution in [0.1, 0.15) is 46.0 Å². The lowest BCUT2D eigenvalue weighted by Gasteiger charge is -2.16. The number of likely N-dealkylation sites (tertiary alicyclic amines) is 1. The molecular formula is C12H23NO2. The van der Waals surface area contributed by atoms with E-state index in [2.05, 4.69) is 6.92 Å². The fraction of sp³-hybridized carbons (Fsp3) is 0.917. The summed E-state index contributed by atoms with van der Waals surface area (Å²) in [5.74, 6) is 0.896. The minimum absolute atomic E-state index is 0.206. The van der Waals surface area contributed by atoms with Crippen LogP contribution in [0.5, 0.6) is 0 Å². The second kappa shape index (κ2) is 6.11. The Balaban J connectivity index is 2.14. The zero-order chi connectivity index (χ0) is 11.3. The van der Waals surface area contributed by atoms with E-state index in [1.165, 1.54) is 0 Å². The van der Waals surface area contributed by atoms with Crippen LogP contribution >= 0.6 is 0 Å². The Bertz CT molecular complexity index is 204. The van der Waals surface area contributed by atoms with Gasteiger partial charge in [0, 0.05) is 19.5 Å². The van der Waals surface area contributed by atoms with Crippen molar-refractivity contribution in [3.8, 4) is 0 Å². The van der Waals surface area contributed by atoms with E-state index in [0.29, 0.717) is 11.8 Å². The van der Waals surface area contributed by atoms with E-state index < -0.39 is 0 Å². The molecule has 0 radical (unpaired) electrons. The molecule has 1 aliphatic heterocycles. The molecule has 1 amide bonds. The molecule has 0 aromatic rings. The first-order chi connectivity index (χ1) is 7.13. The Hall–Kier alpha value is -0.570. The van der Waals surface area contributed by atoms with Gasteiger partial charge in [0.15, 0.2) is 0 Å². The highest BCUT2D eigenvalue weighted by Crippen LogP contribution is 2.20. The Morgan fingerprint density at radius 2 is 2.27 bits per heavy atom. The van der Waals surface area contributed by atoms with E-state index in [-0.39, 0.29) is 6.10 Å². The number of aliphatic hydroxyl groups excluding tert-OH is 1. The van der Waals surface area contributed by atoms with Gasteiger partial charge in [-0.2, -0.15) is 0 Å². The molecule has 2 unspecified atom stereocenters. The summed E-state index contributed by atoms with van der Waals surface area (Å²) in [4.78, 5) is 13.5. The van der Waals surface area contributed by atoms with E-state index in [4.69, 9.17) is 5.11 Å². The average molecular weight is 213 g/mol. The summed E-state index contributed by atoms with van der Waals surface area (Å²) < 4.78 is 0. The van der Waals surface area contributed by atoms with E-state index in [0.717, 1.165) is 45.2 Å². The standard InChI is InChI=1S/C12H23NO2/c1-3-11-8-12(15)13(9-11)7-5-4-6-10(2)14/h10-11,14H,3-9H2,1-2H3. The Kier molecular flexibility index (Phi) is 5.09. The normalized spacial score (nSPS) is 23.5. The maximum absolute atomic E-state index is 11.5. The quantitative estimate of drug-likeness (QED) is 0.683. The van der Waals surface area contributed by atoms with Crippen molar-refractivity contribution in [3.05, 3.63) is 0 Å². The largest absolute Gasteiger partial charge is 0.393 e. The number of rotatable bonds is 6. The molecule has 0 saturated carbocycles. The first-order valence-electron chi connectivity index (χ1n) is 6.09. The molecule has 1 saturated heterocycles. The Morgan fingerprint density at radius 1 is 1.53 bits per heavy atom. The fourth-order valence-corrected chi connectivity index (χ4v) is 2.09. The second-order valence-electron chi connectivity index (χ2n) is 4.66. The summed E-state index contributed by atoms with van der Waals surface area (Å²) in [5.41, 5.74) is 0. The maximum Gasteiger partial charge on any atom is 0.222 e. The summed E-state index contributed by atoms with van der Waals surface area (Å²) in [6.07, 6.45) is 4.52. The number of carbonyl (C=O) groups is 1. The summed E-state index contributed by atoms with van der Waals surface area (Å²) in [7, 11) is 0. The number of nitrogens with zero attached hydrogens (tertiary/aromatic N) is 1. The number of amides is 1. The van der Waals surface area contributed by atoms with Crippen LogP contribution in [0.3, 0.4) is 0 Å². The maximum atomic E-state index is 11.5. The molecule has 1 N–H and O–H groups in total. The minimum Gasteiger partial charge on any atom is -0.393 e. The molecule has 0 aromatic carbocycles. The van der Waals surface area contributed by atoms with E-state index in [1.807, 2.05) is 11.8 Å². The van der Waals surface area contributed by atoms with Gasteiger partial charge in [-0.15, -0.1) is 0 Å². The van der Waals surface area contributed by atoms with Gasteiger partial charge in [-0.05, 0) is 32.1 Å². The van der Waals surface area contributed by atoms with Crippen molar-refractivity contribution in [2.75, 3.05) is 13.1 Å². The van der Waals surface area contributed by atoms with Crippen LogP contribution in [0, 0.1) is 5.92 Å². The van der Waals surface area contributed by atoms with Crippen molar-refractivity contribution in [1.82, 2.24) is 4.90 Å². The van der Waals surface area contributed by atoms with Gasteiger partial charge in [-0.25, -0.2) is 0 Å². The molecule has 1 heterocycles. The third kappa shape index (κ3) is 4.20. The lowest BCUT2D eigenvalue weighted by Crippen LogP contribution is -2.26. The summed E-state index contributed by atoms with van der Waals surface area (Å²) in [6, 6.07) is 0. The van der Waals surface area contributed by atoms with Crippen LogP contribution in [0.4, 0.5) is 0 Å². The molecule has 1 fully saturated rings. The van der Waals surface area contributed by atoms with Crippen molar-refractivity contribution in [1.29, 1.82) is 0 Å². The highest BCUT2D eigenvalue weighted by molar-refractivity contribution is 5.78. The molecule has 3 heteroatoms. The van der Waals surface area contributed by atoms with Gasteiger partial charge >= 0.3 is 0 Å². The van der Waals surface area contributed by atoms with Crippen molar-refractivity contribution in [2.24, 2.45) is 5.92 Å². The number of hydrogen-bond acceptors (Lipinski definition) is 2. The predicted molar refractivity (Wildman–Crippen MR) is 60.5 cm³/mol.